The minimum atomic E-state index is -0.630. The van der Waals surface area contributed by atoms with E-state index in [2.05, 4.69) is 17.5 Å². The SMILES string of the molecule is CC(C(=O)Nc1cc(F)ccc1Cl)C(N)=S. The summed E-state index contributed by atoms with van der Waals surface area (Å²) < 4.78 is 12.9. The Kier molecular flexibility index (Phi) is 4.20. The summed E-state index contributed by atoms with van der Waals surface area (Å²) in [5.74, 6) is -1.53. The first-order valence-electron chi connectivity index (χ1n) is 4.47. The van der Waals surface area contributed by atoms with Crippen molar-refractivity contribution in [2.75, 3.05) is 5.32 Å². The Labute approximate surface area is 103 Å². The van der Waals surface area contributed by atoms with Crippen molar-refractivity contribution in [1.29, 1.82) is 0 Å². The summed E-state index contributed by atoms with van der Waals surface area (Å²) in [7, 11) is 0. The maximum absolute atomic E-state index is 12.9. The molecule has 0 bridgehead atoms. The van der Waals surface area contributed by atoms with E-state index in [1.54, 1.807) is 6.92 Å². The number of benzene rings is 1. The van der Waals surface area contributed by atoms with Crippen molar-refractivity contribution >= 4 is 40.4 Å². The number of carbonyl (C=O) groups is 1. The summed E-state index contributed by atoms with van der Waals surface area (Å²) in [5, 5.41) is 2.71. The molecule has 86 valence electrons. The summed E-state index contributed by atoms with van der Waals surface area (Å²) in [6.45, 7) is 1.56. The van der Waals surface area contributed by atoms with E-state index in [1.807, 2.05) is 0 Å². The van der Waals surface area contributed by atoms with E-state index >= 15 is 0 Å². The van der Waals surface area contributed by atoms with E-state index in [-0.39, 0.29) is 15.7 Å². The highest BCUT2D eigenvalue weighted by Gasteiger charge is 2.16. The average Bonchev–Trinajstić information content (AvgIpc) is 2.22. The van der Waals surface area contributed by atoms with Crippen LogP contribution in [0.1, 0.15) is 6.92 Å². The minimum Gasteiger partial charge on any atom is -0.393 e. The molecule has 0 radical (unpaired) electrons. The first kappa shape index (κ1) is 12.9. The van der Waals surface area contributed by atoms with Gasteiger partial charge in [0.25, 0.3) is 0 Å². The molecule has 0 fully saturated rings. The molecule has 1 aromatic carbocycles. The predicted molar refractivity (Wildman–Crippen MR) is 66.0 cm³/mol. The van der Waals surface area contributed by atoms with Crippen molar-refractivity contribution in [3.05, 3.63) is 29.0 Å². The van der Waals surface area contributed by atoms with Gasteiger partial charge in [-0.2, -0.15) is 0 Å². The third kappa shape index (κ3) is 3.15. The fourth-order valence-corrected chi connectivity index (χ4v) is 1.24. The number of rotatable bonds is 3. The topological polar surface area (TPSA) is 55.1 Å². The summed E-state index contributed by atoms with van der Waals surface area (Å²) in [6.07, 6.45) is 0. The summed E-state index contributed by atoms with van der Waals surface area (Å²) >= 11 is 10.5. The van der Waals surface area contributed by atoms with Gasteiger partial charge in [-0.25, -0.2) is 4.39 Å². The monoisotopic (exact) mass is 260 g/mol. The fourth-order valence-electron chi connectivity index (χ4n) is 0.963. The van der Waals surface area contributed by atoms with Crippen molar-refractivity contribution in [1.82, 2.24) is 0 Å². The quantitative estimate of drug-likeness (QED) is 0.821. The molecular weight excluding hydrogens is 251 g/mol. The summed E-state index contributed by atoms with van der Waals surface area (Å²) in [5.41, 5.74) is 5.53. The van der Waals surface area contributed by atoms with Crippen LogP contribution >= 0.6 is 23.8 Å². The Morgan fingerprint density at radius 3 is 2.81 bits per heavy atom. The molecule has 3 nitrogen and oxygen atoms in total. The van der Waals surface area contributed by atoms with E-state index < -0.39 is 17.6 Å². The van der Waals surface area contributed by atoms with Crippen LogP contribution in [-0.2, 0) is 4.79 Å². The third-order valence-electron chi connectivity index (χ3n) is 2.01. The Morgan fingerprint density at radius 1 is 1.62 bits per heavy atom. The molecule has 1 aromatic rings. The zero-order chi connectivity index (χ0) is 12.3. The lowest BCUT2D eigenvalue weighted by molar-refractivity contribution is -0.117. The normalized spacial score (nSPS) is 11.9. The molecule has 1 rings (SSSR count). The average molecular weight is 261 g/mol. The van der Waals surface area contributed by atoms with E-state index in [9.17, 15) is 9.18 Å². The van der Waals surface area contributed by atoms with Crippen LogP contribution in [0, 0.1) is 11.7 Å². The van der Waals surface area contributed by atoms with Crippen molar-refractivity contribution in [3.63, 3.8) is 0 Å². The molecule has 1 unspecified atom stereocenters. The van der Waals surface area contributed by atoms with E-state index in [0.717, 1.165) is 6.07 Å². The number of carbonyl (C=O) groups excluding carboxylic acids is 1. The van der Waals surface area contributed by atoms with Crippen molar-refractivity contribution in [2.45, 2.75) is 6.92 Å². The second-order valence-corrected chi connectivity index (χ2v) is 4.12. The molecule has 0 heterocycles. The van der Waals surface area contributed by atoms with E-state index in [0.29, 0.717) is 0 Å². The number of nitrogens with two attached hydrogens (primary N) is 1. The summed E-state index contributed by atoms with van der Waals surface area (Å²) in [6, 6.07) is 3.69. The van der Waals surface area contributed by atoms with Crippen LogP contribution < -0.4 is 11.1 Å². The van der Waals surface area contributed by atoms with Gasteiger partial charge in [0.1, 0.15) is 5.82 Å². The van der Waals surface area contributed by atoms with Gasteiger partial charge in [-0.1, -0.05) is 23.8 Å². The number of nitrogens with one attached hydrogen (secondary N) is 1. The first-order chi connectivity index (χ1) is 7.41. The highest BCUT2D eigenvalue weighted by molar-refractivity contribution is 7.80. The number of hydrogen-bond acceptors (Lipinski definition) is 2. The lowest BCUT2D eigenvalue weighted by Gasteiger charge is -2.11. The smallest absolute Gasteiger partial charge is 0.234 e. The van der Waals surface area contributed by atoms with Gasteiger partial charge in [0.05, 0.1) is 21.6 Å². The van der Waals surface area contributed by atoms with Crippen molar-refractivity contribution in [2.24, 2.45) is 11.7 Å². The van der Waals surface area contributed by atoms with Crippen molar-refractivity contribution < 1.29 is 9.18 Å². The number of amides is 1. The molecule has 1 amide bonds. The molecule has 0 aromatic heterocycles. The fraction of sp³-hybridized carbons (Fsp3) is 0.200. The van der Waals surface area contributed by atoms with Gasteiger partial charge in [-0.15, -0.1) is 0 Å². The molecule has 0 aliphatic rings. The van der Waals surface area contributed by atoms with Crippen LogP contribution in [-0.4, -0.2) is 10.9 Å². The first-order valence-corrected chi connectivity index (χ1v) is 5.25. The van der Waals surface area contributed by atoms with E-state index in [1.165, 1.54) is 12.1 Å². The number of thiocarbonyl (C=S) groups is 1. The Balaban J connectivity index is 2.84. The highest BCUT2D eigenvalue weighted by Crippen LogP contribution is 2.22. The maximum Gasteiger partial charge on any atom is 0.234 e. The van der Waals surface area contributed by atoms with Gasteiger partial charge < -0.3 is 11.1 Å². The van der Waals surface area contributed by atoms with Gasteiger partial charge in [0, 0.05) is 0 Å². The minimum absolute atomic E-state index is 0.0741. The van der Waals surface area contributed by atoms with E-state index in [4.69, 9.17) is 17.3 Å². The van der Waals surface area contributed by atoms with Crippen LogP contribution in [0.4, 0.5) is 10.1 Å². The van der Waals surface area contributed by atoms with Gasteiger partial charge in [-0.05, 0) is 25.1 Å². The number of anilines is 1. The highest BCUT2D eigenvalue weighted by atomic mass is 35.5. The Hall–Kier alpha value is -1.20. The molecule has 0 spiro atoms. The second kappa shape index (κ2) is 5.23. The summed E-state index contributed by atoms with van der Waals surface area (Å²) in [4.78, 5) is 11.6. The molecule has 1 atom stereocenters. The standard InChI is InChI=1S/C10H10ClFN2OS/c1-5(9(13)16)10(15)14-8-4-6(12)2-3-7(8)11/h2-5H,1H3,(H2,13,16)(H,14,15). The molecule has 0 saturated heterocycles. The molecule has 6 heteroatoms. The van der Waals surface area contributed by atoms with Gasteiger partial charge in [0.2, 0.25) is 5.91 Å². The molecular formula is C10H10ClFN2OS. The van der Waals surface area contributed by atoms with Gasteiger partial charge in [0.15, 0.2) is 0 Å². The maximum atomic E-state index is 12.9. The van der Waals surface area contributed by atoms with Gasteiger partial charge in [-0.3, -0.25) is 4.79 Å². The lowest BCUT2D eigenvalue weighted by Crippen LogP contribution is -2.30. The Bertz CT molecular complexity index is 439. The number of hydrogen-bond donors (Lipinski definition) is 2. The van der Waals surface area contributed by atoms with Crippen LogP contribution in [0.5, 0.6) is 0 Å². The zero-order valence-electron chi connectivity index (χ0n) is 8.46. The van der Waals surface area contributed by atoms with Crippen LogP contribution in [0.15, 0.2) is 18.2 Å². The Morgan fingerprint density at radius 2 is 2.25 bits per heavy atom. The van der Waals surface area contributed by atoms with Crippen LogP contribution in [0.25, 0.3) is 0 Å². The third-order valence-corrected chi connectivity index (χ3v) is 2.69. The predicted octanol–water partition coefficient (Wildman–Crippen LogP) is 2.34. The molecule has 0 aliphatic carbocycles. The van der Waals surface area contributed by atoms with Crippen LogP contribution in [0.3, 0.4) is 0 Å². The number of halogens is 2. The van der Waals surface area contributed by atoms with Crippen molar-refractivity contribution in [3.8, 4) is 0 Å². The van der Waals surface area contributed by atoms with Crippen LogP contribution in [0.2, 0.25) is 5.02 Å². The second-order valence-electron chi connectivity index (χ2n) is 3.24. The molecule has 16 heavy (non-hydrogen) atoms. The lowest BCUT2D eigenvalue weighted by atomic mass is 10.1. The largest absolute Gasteiger partial charge is 0.393 e. The molecule has 3 N–H and O–H groups in total. The van der Waals surface area contributed by atoms with Gasteiger partial charge >= 0.3 is 0 Å². The zero-order valence-corrected chi connectivity index (χ0v) is 10.0. The molecule has 0 saturated carbocycles. The molecule has 0 aliphatic heterocycles.